The summed E-state index contributed by atoms with van der Waals surface area (Å²) < 4.78 is 15.0. The molecule has 0 saturated heterocycles. The molecule has 6 rings (SSSR count). The lowest BCUT2D eigenvalue weighted by atomic mass is 9.99. The highest BCUT2D eigenvalue weighted by Crippen LogP contribution is 2.39. The number of hydrogen-bond donors (Lipinski definition) is 1. The standard InChI is InChI=1S/C29H20FN5/c30-12-13-32-25-15-21(18-34-26(25)16-31)35-27-10-4-2-7-23(27)29-22(8-5-11-28(29)35)20-14-19-6-1-3-9-24(19)33-17-20/h1-11,14-15,17-18,32H,12-13H2. The predicted molar refractivity (Wildman–Crippen MR) is 138 cm³/mol. The summed E-state index contributed by atoms with van der Waals surface area (Å²) in [6, 6.07) is 28.7. The van der Waals surface area contributed by atoms with Gasteiger partial charge in [0.05, 0.1) is 34.1 Å². The lowest BCUT2D eigenvalue weighted by Crippen LogP contribution is -2.07. The van der Waals surface area contributed by atoms with E-state index in [0.717, 1.165) is 49.5 Å². The van der Waals surface area contributed by atoms with E-state index >= 15 is 0 Å². The first-order chi connectivity index (χ1) is 17.3. The number of pyridine rings is 2. The summed E-state index contributed by atoms with van der Waals surface area (Å²) in [7, 11) is 0. The average Bonchev–Trinajstić information content (AvgIpc) is 3.26. The van der Waals surface area contributed by atoms with Gasteiger partial charge >= 0.3 is 0 Å². The summed E-state index contributed by atoms with van der Waals surface area (Å²) in [4.78, 5) is 9.04. The molecule has 5 nitrogen and oxygen atoms in total. The Morgan fingerprint density at radius 1 is 0.886 bits per heavy atom. The van der Waals surface area contributed by atoms with E-state index in [1.54, 1.807) is 6.20 Å². The van der Waals surface area contributed by atoms with Crippen LogP contribution in [0.5, 0.6) is 0 Å². The lowest BCUT2D eigenvalue weighted by molar-refractivity contribution is 0.512. The molecule has 6 heteroatoms. The van der Waals surface area contributed by atoms with E-state index in [-0.39, 0.29) is 12.2 Å². The molecular formula is C29H20FN5. The lowest BCUT2D eigenvalue weighted by Gasteiger charge is -2.12. The number of alkyl halides is 1. The number of para-hydroxylation sites is 2. The Labute approximate surface area is 201 Å². The number of fused-ring (bicyclic) bond motifs is 4. The van der Waals surface area contributed by atoms with Crippen molar-refractivity contribution in [2.75, 3.05) is 18.5 Å². The SMILES string of the molecule is N#Cc1ncc(-n2c3ccccc3c3c(-c4cnc5ccccc5c4)cccc32)cc1NCCF. The highest BCUT2D eigenvalue weighted by atomic mass is 19.1. The van der Waals surface area contributed by atoms with Crippen LogP contribution in [-0.2, 0) is 0 Å². The maximum atomic E-state index is 12.8. The number of nitrogens with zero attached hydrogens (tertiary/aromatic N) is 4. The second-order valence-corrected chi connectivity index (χ2v) is 8.29. The van der Waals surface area contributed by atoms with Crippen molar-refractivity contribution in [1.82, 2.24) is 14.5 Å². The molecule has 3 aromatic heterocycles. The van der Waals surface area contributed by atoms with E-state index in [9.17, 15) is 9.65 Å². The van der Waals surface area contributed by atoms with E-state index in [1.165, 1.54) is 0 Å². The first-order valence-electron chi connectivity index (χ1n) is 11.4. The maximum absolute atomic E-state index is 12.8. The molecule has 0 aliphatic carbocycles. The molecule has 0 bridgehead atoms. The van der Waals surface area contributed by atoms with Crippen molar-refractivity contribution < 1.29 is 4.39 Å². The Balaban J connectivity index is 1.63. The van der Waals surface area contributed by atoms with E-state index in [1.807, 2.05) is 48.7 Å². The van der Waals surface area contributed by atoms with E-state index in [0.29, 0.717) is 5.69 Å². The molecule has 0 fully saturated rings. The van der Waals surface area contributed by atoms with E-state index in [4.69, 9.17) is 0 Å². The van der Waals surface area contributed by atoms with Crippen molar-refractivity contribution >= 4 is 38.4 Å². The Kier molecular flexibility index (Phi) is 5.08. The van der Waals surface area contributed by atoms with Crippen molar-refractivity contribution in [2.45, 2.75) is 0 Å². The minimum atomic E-state index is -0.534. The third kappa shape index (κ3) is 3.46. The van der Waals surface area contributed by atoms with Crippen LogP contribution in [0.2, 0.25) is 0 Å². The van der Waals surface area contributed by atoms with Crippen LogP contribution in [0.25, 0.3) is 49.5 Å². The summed E-state index contributed by atoms with van der Waals surface area (Å²) in [6.45, 7) is -0.417. The Morgan fingerprint density at radius 3 is 2.60 bits per heavy atom. The Morgan fingerprint density at radius 2 is 1.71 bits per heavy atom. The fourth-order valence-corrected chi connectivity index (χ4v) is 4.74. The maximum Gasteiger partial charge on any atom is 0.163 e. The number of benzene rings is 3. The van der Waals surface area contributed by atoms with Gasteiger partial charge in [0, 0.05) is 34.5 Å². The highest BCUT2D eigenvalue weighted by molar-refractivity contribution is 6.16. The van der Waals surface area contributed by atoms with Gasteiger partial charge in [-0.1, -0.05) is 48.5 Å². The van der Waals surface area contributed by atoms with Gasteiger partial charge in [0.1, 0.15) is 12.7 Å². The van der Waals surface area contributed by atoms with Crippen LogP contribution in [0.1, 0.15) is 5.69 Å². The molecule has 0 aliphatic rings. The topological polar surface area (TPSA) is 66.5 Å². The average molecular weight is 458 g/mol. The number of anilines is 1. The summed E-state index contributed by atoms with van der Waals surface area (Å²) in [5.74, 6) is 0. The molecule has 0 radical (unpaired) electrons. The summed E-state index contributed by atoms with van der Waals surface area (Å²) in [6.07, 6.45) is 3.61. The molecule has 0 saturated carbocycles. The third-order valence-corrected chi connectivity index (χ3v) is 6.25. The van der Waals surface area contributed by atoms with Gasteiger partial charge in [-0.3, -0.25) is 4.98 Å². The molecule has 3 aromatic carbocycles. The molecule has 6 aromatic rings. The zero-order valence-electron chi connectivity index (χ0n) is 18.7. The molecule has 1 N–H and O–H groups in total. The van der Waals surface area contributed by atoms with Gasteiger partial charge in [-0.2, -0.15) is 5.26 Å². The largest absolute Gasteiger partial charge is 0.380 e. The quantitative estimate of drug-likeness (QED) is 0.315. The van der Waals surface area contributed by atoms with Crippen LogP contribution >= 0.6 is 0 Å². The summed E-state index contributed by atoms with van der Waals surface area (Å²) >= 11 is 0. The van der Waals surface area contributed by atoms with Crippen molar-refractivity contribution in [3.8, 4) is 22.9 Å². The molecule has 0 unspecified atom stereocenters. The number of nitrogens with one attached hydrogen (secondary N) is 1. The van der Waals surface area contributed by atoms with Gasteiger partial charge in [-0.15, -0.1) is 0 Å². The van der Waals surface area contributed by atoms with Crippen LogP contribution in [0.3, 0.4) is 0 Å². The monoisotopic (exact) mass is 457 g/mol. The van der Waals surface area contributed by atoms with E-state index < -0.39 is 6.67 Å². The zero-order chi connectivity index (χ0) is 23.8. The minimum absolute atomic E-state index is 0.117. The fourth-order valence-electron chi connectivity index (χ4n) is 4.74. The minimum Gasteiger partial charge on any atom is -0.380 e. The molecule has 0 spiro atoms. The first kappa shape index (κ1) is 20.8. The molecule has 3 heterocycles. The first-order valence-corrected chi connectivity index (χ1v) is 11.4. The Hall–Kier alpha value is -4.76. The van der Waals surface area contributed by atoms with Crippen LogP contribution < -0.4 is 5.32 Å². The number of nitriles is 1. The smallest absolute Gasteiger partial charge is 0.163 e. The van der Waals surface area contributed by atoms with E-state index in [2.05, 4.69) is 62.3 Å². The summed E-state index contributed by atoms with van der Waals surface area (Å²) in [5, 5.41) is 15.8. The van der Waals surface area contributed by atoms with Gasteiger partial charge in [-0.05, 0) is 35.9 Å². The molecule has 0 amide bonds. The molecule has 0 atom stereocenters. The third-order valence-electron chi connectivity index (χ3n) is 6.25. The van der Waals surface area contributed by atoms with Gasteiger partial charge in [0.2, 0.25) is 0 Å². The second-order valence-electron chi connectivity index (χ2n) is 8.29. The number of aromatic nitrogens is 3. The van der Waals surface area contributed by atoms with Gasteiger partial charge in [0.15, 0.2) is 5.69 Å². The number of hydrogen-bond acceptors (Lipinski definition) is 4. The Bertz CT molecular complexity index is 1760. The van der Waals surface area contributed by atoms with Gasteiger partial charge in [0.25, 0.3) is 0 Å². The van der Waals surface area contributed by atoms with Crippen LogP contribution in [0, 0.1) is 11.3 Å². The van der Waals surface area contributed by atoms with Crippen LogP contribution in [0.15, 0.2) is 91.3 Å². The normalized spacial score (nSPS) is 11.2. The van der Waals surface area contributed by atoms with Crippen molar-refractivity contribution in [1.29, 1.82) is 5.26 Å². The van der Waals surface area contributed by atoms with Crippen molar-refractivity contribution in [2.24, 2.45) is 0 Å². The predicted octanol–water partition coefficient (Wildman–Crippen LogP) is 6.65. The number of halogens is 1. The van der Waals surface area contributed by atoms with Crippen LogP contribution in [-0.4, -0.2) is 27.8 Å². The zero-order valence-corrected chi connectivity index (χ0v) is 18.7. The molecule has 168 valence electrons. The van der Waals surface area contributed by atoms with Gasteiger partial charge in [-0.25, -0.2) is 9.37 Å². The second kappa shape index (κ2) is 8.54. The fraction of sp³-hybridized carbons (Fsp3) is 0.0690. The molecular weight excluding hydrogens is 437 g/mol. The highest BCUT2D eigenvalue weighted by Gasteiger charge is 2.17. The summed E-state index contributed by atoms with van der Waals surface area (Å²) in [5.41, 5.74) is 6.68. The number of rotatable bonds is 5. The molecule has 0 aliphatic heterocycles. The van der Waals surface area contributed by atoms with Crippen LogP contribution in [0.4, 0.5) is 10.1 Å². The van der Waals surface area contributed by atoms with Crippen molar-refractivity contribution in [3.05, 3.63) is 97.0 Å². The van der Waals surface area contributed by atoms with Crippen molar-refractivity contribution in [3.63, 3.8) is 0 Å². The molecule has 35 heavy (non-hydrogen) atoms. The van der Waals surface area contributed by atoms with Gasteiger partial charge < -0.3 is 9.88 Å².